The zero-order chi connectivity index (χ0) is 28.4. The molecular formula is C31H37N5O4. The van der Waals surface area contributed by atoms with Gasteiger partial charge in [-0.15, -0.1) is 0 Å². The summed E-state index contributed by atoms with van der Waals surface area (Å²) >= 11 is 0. The summed E-state index contributed by atoms with van der Waals surface area (Å²) < 4.78 is 0. The minimum Gasteiger partial charge on any atom is -0.480 e. The molecule has 2 fully saturated rings. The Hall–Kier alpha value is -4.27. The second-order valence-electron chi connectivity index (χ2n) is 10.9. The number of anilines is 2. The molecule has 2 aromatic rings. The van der Waals surface area contributed by atoms with E-state index < -0.39 is 18.1 Å². The van der Waals surface area contributed by atoms with E-state index in [0.717, 1.165) is 29.8 Å². The van der Waals surface area contributed by atoms with Crippen molar-refractivity contribution < 1.29 is 19.5 Å². The van der Waals surface area contributed by atoms with Gasteiger partial charge in [0, 0.05) is 45.6 Å². The minimum absolute atomic E-state index is 0.170. The molecule has 2 aliphatic heterocycles. The lowest BCUT2D eigenvalue weighted by molar-refractivity contribution is -0.145. The van der Waals surface area contributed by atoms with Gasteiger partial charge in [-0.1, -0.05) is 42.5 Å². The van der Waals surface area contributed by atoms with Crippen molar-refractivity contribution in [3.63, 3.8) is 0 Å². The van der Waals surface area contributed by atoms with E-state index in [1.807, 2.05) is 91.8 Å². The highest BCUT2D eigenvalue weighted by atomic mass is 16.4. The van der Waals surface area contributed by atoms with Crippen LogP contribution in [0.4, 0.5) is 21.0 Å². The first-order chi connectivity index (χ1) is 19.3. The fourth-order valence-corrected chi connectivity index (χ4v) is 6.02. The van der Waals surface area contributed by atoms with Gasteiger partial charge in [-0.2, -0.15) is 0 Å². The van der Waals surface area contributed by atoms with E-state index in [4.69, 9.17) is 0 Å². The van der Waals surface area contributed by atoms with E-state index in [-0.39, 0.29) is 24.6 Å². The quantitative estimate of drug-likeness (QED) is 0.567. The molecule has 2 bridgehead atoms. The molecule has 4 amide bonds. The summed E-state index contributed by atoms with van der Waals surface area (Å²) in [5, 5.41) is 10.4. The van der Waals surface area contributed by atoms with Crippen molar-refractivity contribution in [3.8, 4) is 0 Å². The molecule has 40 heavy (non-hydrogen) atoms. The normalized spacial score (nSPS) is 21.6. The Labute approximate surface area is 235 Å². The molecule has 1 aliphatic carbocycles. The van der Waals surface area contributed by atoms with Crippen LogP contribution in [0.25, 0.3) is 0 Å². The number of carboxylic acids is 1. The van der Waals surface area contributed by atoms with Gasteiger partial charge in [-0.25, -0.2) is 14.4 Å². The van der Waals surface area contributed by atoms with E-state index in [2.05, 4.69) is 0 Å². The summed E-state index contributed by atoms with van der Waals surface area (Å²) in [6.07, 6.45) is 8.85. The van der Waals surface area contributed by atoms with Crippen LogP contribution in [-0.4, -0.2) is 83.7 Å². The number of allylic oxidation sites excluding steroid dienone is 3. The van der Waals surface area contributed by atoms with Gasteiger partial charge in [0.15, 0.2) is 6.04 Å². The van der Waals surface area contributed by atoms with E-state index in [9.17, 15) is 19.5 Å². The fourth-order valence-electron chi connectivity index (χ4n) is 6.02. The fraction of sp³-hybridized carbons (Fsp3) is 0.387. The van der Waals surface area contributed by atoms with Gasteiger partial charge in [-0.3, -0.25) is 4.90 Å². The van der Waals surface area contributed by atoms with Crippen LogP contribution in [0.3, 0.4) is 0 Å². The van der Waals surface area contributed by atoms with Crippen LogP contribution >= 0.6 is 0 Å². The summed E-state index contributed by atoms with van der Waals surface area (Å²) in [6, 6.07) is 14.8. The second kappa shape index (κ2) is 11.5. The van der Waals surface area contributed by atoms with Crippen molar-refractivity contribution in [1.82, 2.24) is 14.7 Å². The van der Waals surface area contributed by atoms with Gasteiger partial charge in [0.25, 0.3) is 0 Å². The zero-order valence-electron chi connectivity index (χ0n) is 23.3. The number of nitrogens with zero attached hydrogens (tertiary/aromatic N) is 5. The smallest absolute Gasteiger partial charge is 0.329 e. The lowest BCUT2D eigenvalue weighted by Crippen LogP contribution is -2.67. The molecule has 0 unspecified atom stereocenters. The number of hydrogen-bond acceptors (Lipinski definition) is 4. The van der Waals surface area contributed by atoms with Crippen LogP contribution in [0.15, 0.2) is 78.5 Å². The second-order valence-corrected chi connectivity index (χ2v) is 10.9. The Bertz CT molecular complexity index is 1310. The molecule has 2 saturated heterocycles. The Kier molecular flexibility index (Phi) is 7.82. The van der Waals surface area contributed by atoms with Gasteiger partial charge in [0.1, 0.15) is 0 Å². The Morgan fingerprint density at radius 2 is 1.62 bits per heavy atom. The largest absolute Gasteiger partial charge is 0.480 e. The first-order valence-corrected chi connectivity index (χ1v) is 13.8. The number of urea groups is 2. The van der Waals surface area contributed by atoms with Gasteiger partial charge >= 0.3 is 18.0 Å². The van der Waals surface area contributed by atoms with Gasteiger partial charge in [0.2, 0.25) is 0 Å². The first-order valence-electron chi connectivity index (χ1n) is 13.8. The SMILES string of the molecule is CN(Cc1ccc(N(C)C)cc1)C(=O)N1[C@H]2CC[C@@H]1[C@@H](C(=O)O)N(C(=O)N(C1=CCCC=C1)c1ccccc1)C2. The van der Waals surface area contributed by atoms with Gasteiger partial charge < -0.3 is 24.7 Å². The summed E-state index contributed by atoms with van der Waals surface area (Å²) in [4.78, 5) is 49.0. The third-order valence-corrected chi connectivity index (χ3v) is 8.01. The molecule has 0 spiro atoms. The third kappa shape index (κ3) is 5.28. The Balaban J connectivity index is 1.38. The van der Waals surface area contributed by atoms with E-state index in [1.54, 1.807) is 21.7 Å². The van der Waals surface area contributed by atoms with Crippen LogP contribution < -0.4 is 9.80 Å². The number of carbonyl (C=O) groups is 3. The molecule has 1 N–H and O–H groups in total. The van der Waals surface area contributed by atoms with Crippen molar-refractivity contribution in [2.75, 3.05) is 37.5 Å². The molecule has 2 aromatic carbocycles. The molecule has 3 aliphatic rings. The number of aliphatic carboxylic acids is 1. The molecule has 0 aromatic heterocycles. The van der Waals surface area contributed by atoms with E-state index in [0.29, 0.717) is 25.1 Å². The zero-order valence-corrected chi connectivity index (χ0v) is 23.3. The molecule has 2 heterocycles. The topological polar surface area (TPSA) is 87.6 Å². The maximum Gasteiger partial charge on any atom is 0.329 e. The lowest BCUT2D eigenvalue weighted by Gasteiger charge is -2.47. The van der Waals surface area contributed by atoms with Crippen LogP contribution in [0.5, 0.6) is 0 Å². The van der Waals surface area contributed by atoms with E-state index >= 15 is 0 Å². The van der Waals surface area contributed by atoms with Crippen molar-refractivity contribution in [2.24, 2.45) is 0 Å². The summed E-state index contributed by atoms with van der Waals surface area (Å²) in [6.45, 7) is 0.578. The van der Waals surface area contributed by atoms with Gasteiger partial charge in [-0.05, 0) is 61.6 Å². The number of piperazine rings is 1. The highest BCUT2D eigenvalue weighted by Gasteiger charge is 2.54. The standard InChI is InChI=1S/C31H37N5O4/c1-32(2)23-16-14-22(15-17-23)20-33(3)30(39)36-26-18-19-27(36)28(29(37)38)34(21-26)31(40)35(24-10-6-4-7-11-24)25-12-8-5-9-13-25/h4,6-8,10-17,26-28H,5,9,18-21H2,1-3H3,(H,37,38)/t26-,27+,28-/m0/s1. The molecular weight excluding hydrogens is 506 g/mol. The Morgan fingerprint density at radius 3 is 2.25 bits per heavy atom. The maximum absolute atomic E-state index is 14.2. The summed E-state index contributed by atoms with van der Waals surface area (Å²) in [5.41, 5.74) is 3.48. The number of carbonyl (C=O) groups excluding carboxylic acids is 2. The van der Waals surface area contributed by atoms with Crippen LogP contribution in [-0.2, 0) is 11.3 Å². The number of rotatable bonds is 6. The number of para-hydroxylation sites is 1. The number of hydrogen-bond donors (Lipinski definition) is 1. The number of fused-ring (bicyclic) bond motifs is 2. The molecule has 0 saturated carbocycles. The number of benzene rings is 2. The van der Waals surface area contributed by atoms with Crippen molar-refractivity contribution in [3.05, 3.63) is 84.1 Å². The Morgan fingerprint density at radius 1 is 0.900 bits per heavy atom. The van der Waals surface area contributed by atoms with Crippen molar-refractivity contribution in [2.45, 2.75) is 50.4 Å². The molecule has 9 nitrogen and oxygen atoms in total. The average molecular weight is 544 g/mol. The minimum atomic E-state index is -1.14. The molecule has 9 heteroatoms. The van der Waals surface area contributed by atoms with Crippen LogP contribution in [0, 0.1) is 0 Å². The van der Waals surface area contributed by atoms with Gasteiger partial charge in [0.05, 0.1) is 17.8 Å². The summed E-state index contributed by atoms with van der Waals surface area (Å²) in [5.74, 6) is -1.10. The highest BCUT2D eigenvalue weighted by Crippen LogP contribution is 2.37. The molecule has 3 atom stereocenters. The van der Waals surface area contributed by atoms with Crippen molar-refractivity contribution >= 4 is 29.4 Å². The van der Waals surface area contributed by atoms with Crippen LogP contribution in [0.2, 0.25) is 0 Å². The number of likely N-dealkylation sites (tertiary alicyclic amines) is 1. The maximum atomic E-state index is 14.2. The third-order valence-electron chi connectivity index (χ3n) is 8.01. The molecule has 210 valence electrons. The number of amides is 4. The average Bonchev–Trinajstić information content (AvgIpc) is 3.25. The first kappa shape index (κ1) is 27.3. The number of carboxylic acid groups (broad SMARTS) is 1. The predicted molar refractivity (Wildman–Crippen MR) is 155 cm³/mol. The molecule has 5 rings (SSSR count). The summed E-state index contributed by atoms with van der Waals surface area (Å²) in [7, 11) is 5.70. The van der Waals surface area contributed by atoms with E-state index in [1.165, 1.54) is 4.90 Å². The molecule has 0 radical (unpaired) electrons. The predicted octanol–water partition coefficient (Wildman–Crippen LogP) is 4.77. The lowest BCUT2D eigenvalue weighted by atomic mass is 10.0. The van der Waals surface area contributed by atoms with Crippen LogP contribution in [0.1, 0.15) is 31.2 Å². The highest BCUT2D eigenvalue weighted by molar-refractivity contribution is 5.98. The monoisotopic (exact) mass is 543 g/mol. The van der Waals surface area contributed by atoms with Crippen molar-refractivity contribution in [1.29, 1.82) is 0 Å².